The fourth-order valence-corrected chi connectivity index (χ4v) is 13.7. The van der Waals surface area contributed by atoms with E-state index in [9.17, 15) is 0 Å². The predicted octanol–water partition coefficient (Wildman–Crippen LogP) is 5.77. The van der Waals surface area contributed by atoms with E-state index in [1.807, 2.05) is 0 Å². The van der Waals surface area contributed by atoms with Crippen molar-refractivity contribution >= 4 is 16.5 Å². The molecule has 0 saturated carbocycles. The number of fused-ring (bicyclic) bond motifs is 3. The van der Waals surface area contributed by atoms with Crippen molar-refractivity contribution in [3.8, 4) is 11.1 Å². The standard InChI is InChI=1S/C20H29NSi2/c1-22(2,3)21(23(4,5)6)15-20-18-13-9-7-11-16(18)17-12-8-10-14-19(17)20/h7-14,20H,15H2,1-6H3. The lowest BCUT2D eigenvalue weighted by atomic mass is 9.97. The predicted molar refractivity (Wildman–Crippen MR) is 107 cm³/mol. The van der Waals surface area contributed by atoms with E-state index < -0.39 is 16.5 Å². The molecular formula is C20H29NSi2. The second-order valence-electron chi connectivity index (χ2n) is 8.68. The van der Waals surface area contributed by atoms with Crippen molar-refractivity contribution in [2.24, 2.45) is 0 Å². The molecule has 0 heterocycles. The zero-order chi connectivity index (χ0) is 16.8. The Kier molecular flexibility index (Phi) is 4.15. The molecule has 0 fully saturated rings. The van der Waals surface area contributed by atoms with Gasteiger partial charge in [0.25, 0.3) is 0 Å². The normalized spacial score (nSPS) is 14.9. The monoisotopic (exact) mass is 339 g/mol. The molecule has 122 valence electrons. The van der Waals surface area contributed by atoms with Gasteiger partial charge in [0.2, 0.25) is 0 Å². The maximum Gasteiger partial charge on any atom is 0.112 e. The Labute approximate surface area is 143 Å². The molecule has 0 saturated heterocycles. The summed E-state index contributed by atoms with van der Waals surface area (Å²) >= 11 is 0. The fourth-order valence-electron chi connectivity index (χ4n) is 4.19. The van der Waals surface area contributed by atoms with Gasteiger partial charge in [-0.2, -0.15) is 0 Å². The molecule has 0 bridgehead atoms. The lowest BCUT2D eigenvalue weighted by molar-refractivity contribution is 0.573. The Morgan fingerprint density at radius 3 is 1.48 bits per heavy atom. The third kappa shape index (κ3) is 3.10. The highest BCUT2D eigenvalue weighted by Gasteiger charge is 2.38. The summed E-state index contributed by atoms with van der Waals surface area (Å²) < 4.78 is 2.92. The molecule has 0 spiro atoms. The maximum atomic E-state index is 2.92. The van der Waals surface area contributed by atoms with Crippen molar-refractivity contribution in [2.45, 2.75) is 45.2 Å². The van der Waals surface area contributed by atoms with Crippen molar-refractivity contribution in [3.63, 3.8) is 0 Å². The van der Waals surface area contributed by atoms with Gasteiger partial charge in [0, 0.05) is 5.92 Å². The Hall–Kier alpha value is -1.17. The van der Waals surface area contributed by atoms with E-state index in [4.69, 9.17) is 0 Å². The molecule has 0 amide bonds. The SMILES string of the molecule is C[Si](C)(C)N(CC1c2ccccc2-c2ccccc21)[Si](C)(C)C. The van der Waals surface area contributed by atoms with Crippen LogP contribution in [0.25, 0.3) is 11.1 Å². The number of hydrogen-bond acceptors (Lipinski definition) is 1. The average molecular weight is 340 g/mol. The second kappa shape index (κ2) is 5.73. The topological polar surface area (TPSA) is 3.24 Å². The molecule has 0 unspecified atom stereocenters. The van der Waals surface area contributed by atoms with Gasteiger partial charge in [0.05, 0.1) is 0 Å². The van der Waals surface area contributed by atoms with E-state index in [2.05, 4.69) is 92.0 Å². The first-order valence-corrected chi connectivity index (χ1v) is 15.5. The molecule has 23 heavy (non-hydrogen) atoms. The molecule has 2 aromatic carbocycles. The van der Waals surface area contributed by atoms with Crippen molar-refractivity contribution in [1.82, 2.24) is 4.23 Å². The van der Waals surface area contributed by atoms with Gasteiger partial charge in [-0.15, -0.1) is 0 Å². The van der Waals surface area contributed by atoms with Gasteiger partial charge < -0.3 is 4.23 Å². The van der Waals surface area contributed by atoms with Crippen LogP contribution in [0.4, 0.5) is 0 Å². The Morgan fingerprint density at radius 1 is 0.696 bits per heavy atom. The average Bonchev–Trinajstić information content (AvgIpc) is 2.77. The molecule has 1 aliphatic rings. The summed E-state index contributed by atoms with van der Waals surface area (Å²) in [4.78, 5) is 0. The van der Waals surface area contributed by atoms with Gasteiger partial charge in [0.15, 0.2) is 0 Å². The number of nitrogens with zero attached hydrogens (tertiary/aromatic N) is 1. The summed E-state index contributed by atoms with van der Waals surface area (Å²) in [5.41, 5.74) is 5.93. The van der Waals surface area contributed by atoms with Crippen molar-refractivity contribution in [2.75, 3.05) is 6.54 Å². The van der Waals surface area contributed by atoms with Crippen molar-refractivity contribution < 1.29 is 0 Å². The quantitative estimate of drug-likeness (QED) is 0.639. The maximum absolute atomic E-state index is 2.92. The molecular weight excluding hydrogens is 310 g/mol. The smallest absolute Gasteiger partial charge is 0.112 e. The molecule has 0 N–H and O–H groups in total. The van der Waals surface area contributed by atoms with Crippen LogP contribution in [-0.4, -0.2) is 27.2 Å². The van der Waals surface area contributed by atoms with Crippen LogP contribution in [-0.2, 0) is 0 Å². The fraction of sp³-hybridized carbons (Fsp3) is 0.400. The van der Waals surface area contributed by atoms with Crippen LogP contribution in [0.15, 0.2) is 48.5 Å². The summed E-state index contributed by atoms with van der Waals surface area (Å²) in [5.74, 6) is 0.529. The highest BCUT2D eigenvalue weighted by molar-refractivity contribution is 6.89. The first-order valence-electron chi connectivity index (χ1n) is 8.65. The molecule has 3 heteroatoms. The minimum Gasteiger partial charge on any atom is -0.345 e. The Morgan fingerprint density at radius 2 is 1.09 bits per heavy atom. The van der Waals surface area contributed by atoms with Crippen LogP contribution in [0.3, 0.4) is 0 Å². The van der Waals surface area contributed by atoms with E-state index in [0.717, 1.165) is 0 Å². The van der Waals surface area contributed by atoms with Crippen molar-refractivity contribution in [1.29, 1.82) is 0 Å². The van der Waals surface area contributed by atoms with E-state index >= 15 is 0 Å². The Balaban J connectivity index is 2.06. The Bertz CT molecular complexity index is 651. The first kappa shape index (κ1) is 16.7. The van der Waals surface area contributed by atoms with Gasteiger partial charge >= 0.3 is 0 Å². The van der Waals surface area contributed by atoms with Crippen LogP contribution in [0, 0.1) is 0 Å². The van der Waals surface area contributed by atoms with Crippen LogP contribution >= 0.6 is 0 Å². The summed E-state index contributed by atoms with van der Waals surface area (Å²) in [6, 6.07) is 18.0. The summed E-state index contributed by atoms with van der Waals surface area (Å²) in [6.07, 6.45) is 0. The third-order valence-electron chi connectivity index (χ3n) is 4.95. The summed E-state index contributed by atoms with van der Waals surface area (Å²) in [5, 5.41) is 0. The second-order valence-corrected chi connectivity index (χ2v) is 18.9. The molecule has 0 aliphatic heterocycles. The van der Waals surface area contributed by atoms with E-state index in [1.165, 1.54) is 28.8 Å². The van der Waals surface area contributed by atoms with Crippen LogP contribution in [0.2, 0.25) is 39.3 Å². The van der Waals surface area contributed by atoms with Crippen LogP contribution in [0.1, 0.15) is 17.0 Å². The number of hydrogen-bond donors (Lipinski definition) is 0. The van der Waals surface area contributed by atoms with Crippen molar-refractivity contribution in [3.05, 3.63) is 59.7 Å². The lowest BCUT2D eigenvalue weighted by Gasteiger charge is -2.45. The molecule has 2 aromatic rings. The minimum atomic E-state index is -1.34. The first-order chi connectivity index (χ1) is 10.7. The lowest BCUT2D eigenvalue weighted by Crippen LogP contribution is -2.60. The third-order valence-corrected chi connectivity index (χ3v) is 12.6. The van der Waals surface area contributed by atoms with E-state index in [-0.39, 0.29) is 0 Å². The highest BCUT2D eigenvalue weighted by atomic mass is 28.4. The van der Waals surface area contributed by atoms with Gasteiger partial charge in [-0.25, -0.2) is 0 Å². The highest BCUT2D eigenvalue weighted by Crippen LogP contribution is 2.45. The molecule has 1 aliphatic carbocycles. The van der Waals surface area contributed by atoms with Gasteiger partial charge in [0.1, 0.15) is 16.5 Å². The number of benzene rings is 2. The van der Waals surface area contributed by atoms with E-state index in [0.29, 0.717) is 5.92 Å². The summed E-state index contributed by atoms with van der Waals surface area (Å²) in [6.45, 7) is 16.2. The van der Waals surface area contributed by atoms with Crippen LogP contribution < -0.4 is 0 Å². The zero-order valence-corrected chi connectivity index (χ0v) is 17.4. The molecule has 0 radical (unpaired) electrons. The summed E-state index contributed by atoms with van der Waals surface area (Å²) in [7, 11) is -2.67. The molecule has 3 rings (SSSR count). The van der Waals surface area contributed by atoms with Gasteiger partial charge in [-0.3, -0.25) is 0 Å². The van der Waals surface area contributed by atoms with E-state index in [1.54, 1.807) is 0 Å². The zero-order valence-electron chi connectivity index (χ0n) is 15.4. The molecule has 1 nitrogen and oxygen atoms in total. The van der Waals surface area contributed by atoms with Gasteiger partial charge in [-0.05, 0) is 28.8 Å². The number of rotatable bonds is 4. The van der Waals surface area contributed by atoms with Gasteiger partial charge in [-0.1, -0.05) is 87.8 Å². The minimum absolute atomic E-state index is 0.529. The largest absolute Gasteiger partial charge is 0.345 e. The molecule has 0 atom stereocenters. The molecule has 0 aromatic heterocycles. The van der Waals surface area contributed by atoms with Crippen LogP contribution in [0.5, 0.6) is 0 Å².